The molecule has 1 heterocycles. The highest BCUT2D eigenvalue weighted by molar-refractivity contribution is 5.84. The van der Waals surface area contributed by atoms with E-state index in [1.807, 2.05) is 45.2 Å². The summed E-state index contributed by atoms with van der Waals surface area (Å²) in [6.07, 6.45) is 1.21. The Balaban J connectivity index is 1.73. The zero-order chi connectivity index (χ0) is 23.4. The first-order chi connectivity index (χ1) is 15.7. The molecule has 0 bridgehead atoms. The van der Waals surface area contributed by atoms with Crippen molar-refractivity contribution in [2.24, 2.45) is 5.41 Å². The van der Waals surface area contributed by atoms with Gasteiger partial charge in [-0.1, -0.05) is 87.5 Å². The molecule has 0 saturated carbocycles. The van der Waals surface area contributed by atoms with Gasteiger partial charge in [0, 0.05) is 20.1 Å². The lowest BCUT2D eigenvalue weighted by molar-refractivity contribution is 0.411. The predicted molar refractivity (Wildman–Crippen MR) is 131 cm³/mol. The minimum Gasteiger partial charge on any atom is -0.256 e. The Morgan fingerprint density at radius 1 is 0.806 bits per heavy atom. The van der Waals surface area contributed by atoms with Gasteiger partial charge in [0.05, 0.1) is 5.69 Å². The summed E-state index contributed by atoms with van der Waals surface area (Å²) >= 11 is 0. The molecule has 0 fully saturated rings. The molecule has 1 heteroatoms. The normalized spacial score (nSPS) is 13.9. The third kappa shape index (κ3) is 3.70. The molecular weight excluding hydrogens is 374 g/mol. The summed E-state index contributed by atoms with van der Waals surface area (Å²) in [6.45, 7) is 7.96. The van der Waals surface area contributed by atoms with Crippen molar-refractivity contribution in [3.8, 4) is 33.5 Å². The van der Waals surface area contributed by atoms with Gasteiger partial charge in [-0.15, -0.1) is 0 Å². The molecule has 1 aliphatic rings. The molecule has 0 saturated heterocycles. The highest BCUT2D eigenvalue weighted by atomic mass is 14.7. The summed E-state index contributed by atoms with van der Waals surface area (Å²) in [5.74, 6) is 0. The third-order valence-electron chi connectivity index (χ3n) is 5.98. The molecule has 1 aromatic heterocycles. The van der Waals surface area contributed by atoms with Crippen molar-refractivity contribution in [1.29, 1.82) is 0 Å². The van der Waals surface area contributed by atoms with Crippen LogP contribution in [-0.4, -0.2) is 4.98 Å². The van der Waals surface area contributed by atoms with E-state index in [4.69, 9.17) is 7.73 Å². The van der Waals surface area contributed by atoms with Crippen molar-refractivity contribution in [1.82, 2.24) is 4.98 Å². The molecule has 1 nitrogen and oxygen atoms in total. The minimum absolute atomic E-state index is 0.571. The summed E-state index contributed by atoms with van der Waals surface area (Å²) in [5.41, 5.74) is 10.2. The molecule has 1 aliphatic carbocycles. The minimum atomic E-state index is -1.54. The zero-order valence-corrected chi connectivity index (χ0v) is 18.7. The van der Waals surface area contributed by atoms with Crippen molar-refractivity contribution in [2.45, 2.75) is 40.5 Å². The van der Waals surface area contributed by atoms with Crippen LogP contribution < -0.4 is 0 Å². The molecule has 3 aromatic carbocycles. The molecule has 0 radical (unpaired) electrons. The van der Waals surface area contributed by atoms with Gasteiger partial charge in [0.1, 0.15) is 0 Å². The molecule has 31 heavy (non-hydrogen) atoms. The number of nitrogens with zero attached hydrogens (tertiary/aromatic N) is 1. The van der Waals surface area contributed by atoms with Crippen molar-refractivity contribution in [3.63, 3.8) is 0 Å². The van der Waals surface area contributed by atoms with E-state index in [-0.39, 0.29) is 0 Å². The van der Waals surface area contributed by atoms with Crippen LogP contribution in [0.3, 0.4) is 0 Å². The van der Waals surface area contributed by atoms with E-state index in [0.717, 1.165) is 34.4 Å². The van der Waals surface area contributed by atoms with Crippen LogP contribution in [0.15, 0.2) is 79.0 Å². The summed E-state index contributed by atoms with van der Waals surface area (Å²) in [6, 6.07) is 25.1. The topological polar surface area (TPSA) is 12.9 Å². The van der Waals surface area contributed by atoms with Crippen molar-refractivity contribution in [2.75, 3.05) is 0 Å². The number of hydrogen-bond acceptors (Lipinski definition) is 1. The van der Waals surface area contributed by atoms with Crippen LogP contribution in [0.1, 0.15) is 45.8 Å². The van der Waals surface area contributed by atoms with Crippen LogP contribution in [0.5, 0.6) is 0 Å². The second-order valence-corrected chi connectivity index (χ2v) is 9.47. The van der Waals surface area contributed by atoms with Crippen LogP contribution >= 0.6 is 0 Å². The van der Waals surface area contributed by atoms with Crippen molar-refractivity contribution < 1.29 is 2.74 Å². The van der Waals surface area contributed by atoms with E-state index in [9.17, 15) is 0 Å². The Kier molecular flexibility index (Phi) is 4.23. The number of aryl methyl sites for hydroxylation is 1. The summed E-state index contributed by atoms with van der Waals surface area (Å²) in [7, 11) is 0. The Labute approximate surface area is 188 Å². The number of fused-ring (bicyclic) bond motifs is 3. The van der Waals surface area contributed by atoms with Gasteiger partial charge in [-0.2, -0.15) is 0 Å². The van der Waals surface area contributed by atoms with E-state index in [1.165, 1.54) is 22.3 Å². The van der Waals surface area contributed by atoms with Gasteiger partial charge in [-0.25, -0.2) is 0 Å². The second kappa shape index (κ2) is 7.50. The second-order valence-electron chi connectivity index (χ2n) is 9.47. The standard InChI is InChI=1S/C30H29N/c1-20-10-5-7-12-23(20)28-19-31-29(17-22(28)18-30(2,3)4)26-15-9-14-25-24-13-8-6-11-21(24)16-27(25)26/h5-15,17,19H,16,18H2,1-4H3/i18D2. The molecule has 0 atom stereocenters. The van der Waals surface area contributed by atoms with Crippen LogP contribution in [0.4, 0.5) is 0 Å². The molecular formula is C30H29N. The van der Waals surface area contributed by atoms with E-state index < -0.39 is 11.8 Å². The maximum atomic E-state index is 9.14. The van der Waals surface area contributed by atoms with Crippen LogP contribution in [0.2, 0.25) is 0 Å². The Bertz CT molecular complexity index is 1360. The van der Waals surface area contributed by atoms with Crippen molar-refractivity contribution in [3.05, 3.63) is 101 Å². The molecule has 0 N–H and O–H groups in total. The Hall–Kier alpha value is -3.19. The lowest BCUT2D eigenvalue weighted by atomic mass is 9.84. The Morgan fingerprint density at radius 2 is 1.48 bits per heavy atom. The fourth-order valence-corrected chi connectivity index (χ4v) is 4.60. The fourth-order valence-electron chi connectivity index (χ4n) is 4.60. The Morgan fingerprint density at radius 3 is 2.26 bits per heavy atom. The number of benzene rings is 3. The number of hydrogen-bond donors (Lipinski definition) is 0. The molecule has 0 amide bonds. The SMILES string of the molecule is [2H]C([2H])(c1cc(-c2cccc3c2Cc2ccccc2-3)ncc1-c1ccccc1C)C(C)(C)C. The van der Waals surface area contributed by atoms with Crippen LogP contribution in [-0.2, 0) is 12.8 Å². The van der Waals surface area contributed by atoms with Crippen molar-refractivity contribution >= 4 is 0 Å². The molecule has 5 rings (SSSR count). The molecule has 0 aliphatic heterocycles. The van der Waals surface area contributed by atoms with Gasteiger partial charge in [-0.05, 0) is 70.1 Å². The first-order valence-corrected chi connectivity index (χ1v) is 11.0. The van der Waals surface area contributed by atoms with Crippen LogP contribution in [0.25, 0.3) is 33.5 Å². The fraction of sp³-hybridized carbons (Fsp3) is 0.233. The van der Waals surface area contributed by atoms with Gasteiger partial charge >= 0.3 is 0 Å². The highest BCUT2D eigenvalue weighted by Gasteiger charge is 2.23. The van der Waals surface area contributed by atoms with E-state index in [2.05, 4.69) is 61.5 Å². The highest BCUT2D eigenvalue weighted by Crippen LogP contribution is 2.42. The number of rotatable bonds is 3. The number of pyridine rings is 1. The molecule has 0 spiro atoms. The van der Waals surface area contributed by atoms with Gasteiger partial charge in [-0.3, -0.25) is 4.98 Å². The smallest absolute Gasteiger partial charge is 0.0708 e. The lowest BCUT2D eigenvalue weighted by Gasteiger charge is -2.22. The third-order valence-corrected chi connectivity index (χ3v) is 5.98. The molecule has 4 aromatic rings. The summed E-state index contributed by atoms with van der Waals surface area (Å²) in [4.78, 5) is 4.90. The quantitative estimate of drug-likeness (QED) is 0.297. The summed E-state index contributed by atoms with van der Waals surface area (Å²) in [5, 5.41) is 0. The molecule has 0 unspecified atom stereocenters. The number of aromatic nitrogens is 1. The first kappa shape index (κ1) is 17.5. The van der Waals surface area contributed by atoms with E-state index in [1.54, 1.807) is 0 Å². The zero-order valence-electron chi connectivity index (χ0n) is 20.7. The van der Waals surface area contributed by atoms with Gasteiger partial charge in [0.15, 0.2) is 0 Å². The molecule has 154 valence electrons. The maximum Gasteiger partial charge on any atom is 0.0708 e. The van der Waals surface area contributed by atoms with Crippen LogP contribution in [0, 0.1) is 12.3 Å². The van der Waals surface area contributed by atoms with E-state index in [0.29, 0.717) is 5.56 Å². The van der Waals surface area contributed by atoms with Gasteiger partial charge in [0.2, 0.25) is 0 Å². The average molecular weight is 406 g/mol. The van der Waals surface area contributed by atoms with E-state index >= 15 is 0 Å². The van der Waals surface area contributed by atoms with Gasteiger partial charge in [0.25, 0.3) is 0 Å². The van der Waals surface area contributed by atoms with Gasteiger partial charge < -0.3 is 0 Å². The maximum absolute atomic E-state index is 9.14. The first-order valence-electron chi connectivity index (χ1n) is 12.0. The average Bonchev–Trinajstić information content (AvgIpc) is 3.17. The monoisotopic (exact) mass is 405 g/mol. The summed E-state index contributed by atoms with van der Waals surface area (Å²) < 4.78 is 18.3. The predicted octanol–water partition coefficient (Wildman–Crippen LogP) is 7.88. The lowest BCUT2D eigenvalue weighted by Crippen LogP contribution is -2.11. The largest absolute Gasteiger partial charge is 0.256 e.